The van der Waals surface area contributed by atoms with Gasteiger partial charge in [-0.2, -0.15) is 0 Å². The number of rotatable bonds is 2. The number of hydrogen-bond donors (Lipinski definition) is 2. The van der Waals surface area contributed by atoms with E-state index in [4.69, 9.17) is 5.73 Å². The molecule has 0 aliphatic rings. The first kappa shape index (κ1) is 23.7. The fourth-order valence-corrected chi connectivity index (χ4v) is 2.42. The number of nitrogens with two attached hydrogens (primary N) is 1. The summed E-state index contributed by atoms with van der Waals surface area (Å²) in [6.07, 6.45) is 0. The van der Waals surface area contributed by atoms with Crippen molar-refractivity contribution in [1.29, 1.82) is 0 Å². The molecule has 0 spiro atoms. The molecule has 2 aromatic rings. The van der Waals surface area contributed by atoms with Crippen molar-refractivity contribution >= 4 is 32.6 Å². The summed E-state index contributed by atoms with van der Waals surface area (Å²) in [7, 11) is -4.77. The third-order valence-corrected chi connectivity index (χ3v) is 3.36. The molecular weight excluding hydrogens is 341 g/mol. The molecule has 7 N–H and O–H groups in total. The molecule has 0 aromatic heterocycles. The summed E-state index contributed by atoms with van der Waals surface area (Å²) in [4.78, 5) is 9.93. The van der Waals surface area contributed by atoms with Gasteiger partial charge in [-0.15, -0.1) is 5.11 Å². The second kappa shape index (κ2) is 8.88. The van der Waals surface area contributed by atoms with E-state index in [9.17, 15) is 22.9 Å². The normalized spacial score (nSPS) is 10.5. The number of benzene rings is 2. The van der Waals surface area contributed by atoms with Gasteiger partial charge in [-0.1, -0.05) is 23.3 Å². The van der Waals surface area contributed by atoms with Gasteiger partial charge in [-0.25, -0.2) is 13.2 Å². The first-order valence-electron chi connectivity index (χ1n) is 5.22. The van der Waals surface area contributed by atoms with Crippen LogP contribution in [0.4, 0.5) is 10.5 Å². The minimum atomic E-state index is -4.77. The van der Waals surface area contributed by atoms with Gasteiger partial charge in [0.05, 0.1) is 4.90 Å². The number of azo groups is 1. The monoisotopic (exact) mass is 353 g/mol. The average molecular weight is 353 g/mol. The first-order valence-corrected chi connectivity index (χ1v) is 6.63. The van der Waals surface area contributed by atoms with E-state index in [1.165, 1.54) is 24.3 Å². The Morgan fingerprint density at radius 1 is 1.17 bits per heavy atom. The molecule has 0 radical (unpaired) electrons. The zero-order chi connectivity index (χ0) is 14.9. The predicted molar refractivity (Wildman–Crippen MR) is 74.9 cm³/mol. The minimum Gasteiger partial charge on any atom is -0.744 e. The van der Waals surface area contributed by atoms with Crippen LogP contribution in [-0.4, -0.2) is 35.1 Å². The fourth-order valence-electron chi connectivity index (χ4n) is 1.71. The van der Waals surface area contributed by atoms with E-state index in [-0.39, 0.29) is 51.6 Å². The van der Waals surface area contributed by atoms with Gasteiger partial charge in [0.2, 0.25) is 0 Å². The smallest absolute Gasteiger partial charge is 0.744 e. The standard InChI is InChI=1S/C11H9N3O5S.Na.2H2O/c12-11(16)14-13-7-5-4-6-2-1-3-8(20(17,18)19)9(6)10(7)15;;;/h1-5,15H,(H2,12,16)(H,17,18,19);;2*1H2/q;+1;;/p-1. The van der Waals surface area contributed by atoms with E-state index in [1.54, 1.807) is 0 Å². The number of carbonyl (C=O) groups excluding carboxylic acids is 1. The zero-order valence-electron chi connectivity index (χ0n) is 11.8. The number of phenolic OH excluding ortho intramolecular Hbond substituents is 1. The van der Waals surface area contributed by atoms with Crippen molar-refractivity contribution in [3.8, 4) is 5.75 Å². The molecule has 10 nitrogen and oxygen atoms in total. The Hall–Kier alpha value is -1.60. The van der Waals surface area contributed by atoms with Crippen molar-refractivity contribution in [3.05, 3.63) is 30.3 Å². The number of hydrogen-bond acceptors (Lipinski definition) is 6. The molecule has 0 atom stereocenters. The van der Waals surface area contributed by atoms with Crippen LogP contribution in [0.3, 0.4) is 0 Å². The maximum atomic E-state index is 11.2. The van der Waals surface area contributed by atoms with Crippen LogP contribution in [-0.2, 0) is 10.1 Å². The third kappa shape index (κ3) is 5.21. The topological polar surface area (TPSA) is 208 Å². The zero-order valence-corrected chi connectivity index (χ0v) is 14.7. The van der Waals surface area contributed by atoms with Crippen molar-refractivity contribution in [2.24, 2.45) is 16.0 Å². The molecule has 23 heavy (non-hydrogen) atoms. The molecule has 2 aromatic carbocycles. The van der Waals surface area contributed by atoms with Gasteiger partial charge >= 0.3 is 35.6 Å². The maximum absolute atomic E-state index is 11.2. The van der Waals surface area contributed by atoms with Gasteiger partial charge in [0.15, 0.2) is 5.75 Å². The molecule has 0 aliphatic heterocycles. The quantitative estimate of drug-likeness (QED) is 0.327. The third-order valence-electron chi connectivity index (χ3n) is 2.48. The molecule has 0 heterocycles. The van der Waals surface area contributed by atoms with Crippen LogP contribution in [0, 0.1) is 0 Å². The van der Waals surface area contributed by atoms with Crippen molar-refractivity contribution in [2.45, 2.75) is 4.90 Å². The summed E-state index contributed by atoms with van der Waals surface area (Å²) in [6, 6.07) is 5.62. The van der Waals surface area contributed by atoms with Crippen LogP contribution in [0.1, 0.15) is 0 Å². The van der Waals surface area contributed by atoms with Crippen LogP contribution >= 0.6 is 0 Å². The van der Waals surface area contributed by atoms with Crippen molar-refractivity contribution < 1.29 is 63.4 Å². The molecule has 0 saturated carbocycles. The number of urea groups is 1. The van der Waals surface area contributed by atoms with Crippen LogP contribution in [0.2, 0.25) is 0 Å². The summed E-state index contributed by atoms with van der Waals surface area (Å²) in [5.41, 5.74) is 4.60. The Kier molecular flexibility index (Phi) is 9.14. The van der Waals surface area contributed by atoms with Crippen molar-refractivity contribution in [1.82, 2.24) is 0 Å². The fraction of sp³-hybridized carbons (Fsp3) is 0. The first-order chi connectivity index (χ1) is 9.30. The molecule has 0 saturated heterocycles. The van der Waals surface area contributed by atoms with Gasteiger partial charge in [-0.3, -0.25) is 0 Å². The molecule has 0 fully saturated rings. The van der Waals surface area contributed by atoms with Crippen LogP contribution < -0.4 is 35.3 Å². The molecule has 2 rings (SSSR count). The number of amides is 2. The van der Waals surface area contributed by atoms with Gasteiger partial charge < -0.3 is 26.3 Å². The SMILES string of the molecule is NC(=O)N=Nc1ccc2cccc(S(=O)(=O)[O-])c2c1O.O.O.[Na+]. The maximum Gasteiger partial charge on any atom is 1.00 e. The van der Waals surface area contributed by atoms with Gasteiger partial charge in [0.1, 0.15) is 15.8 Å². The number of fused-ring (bicyclic) bond motifs is 1. The minimum absolute atomic E-state index is 0. The Morgan fingerprint density at radius 3 is 2.30 bits per heavy atom. The molecule has 120 valence electrons. The number of nitrogens with zero attached hydrogens (tertiary/aromatic N) is 2. The molecule has 0 aliphatic carbocycles. The van der Waals surface area contributed by atoms with Gasteiger partial charge in [-0.05, 0) is 17.5 Å². The number of aromatic hydroxyl groups is 1. The summed E-state index contributed by atoms with van der Waals surface area (Å²) in [5, 5.41) is 16.6. The van der Waals surface area contributed by atoms with E-state index in [0.29, 0.717) is 5.39 Å². The van der Waals surface area contributed by atoms with Crippen LogP contribution in [0.15, 0.2) is 45.5 Å². The molecular formula is C11H12N3NaO7S. The van der Waals surface area contributed by atoms with Gasteiger partial charge in [0.25, 0.3) is 0 Å². The van der Waals surface area contributed by atoms with Gasteiger partial charge in [0, 0.05) is 5.39 Å². The number of carbonyl (C=O) groups is 1. The van der Waals surface area contributed by atoms with E-state index >= 15 is 0 Å². The molecule has 0 unspecified atom stereocenters. The van der Waals surface area contributed by atoms with E-state index in [0.717, 1.165) is 6.07 Å². The summed E-state index contributed by atoms with van der Waals surface area (Å²) >= 11 is 0. The average Bonchev–Trinajstić information content (AvgIpc) is 2.36. The van der Waals surface area contributed by atoms with E-state index in [2.05, 4.69) is 10.2 Å². The molecule has 0 bridgehead atoms. The summed E-state index contributed by atoms with van der Waals surface area (Å²) in [6.45, 7) is 0. The van der Waals surface area contributed by atoms with E-state index in [1.807, 2.05) is 0 Å². The second-order valence-electron chi connectivity index (χ2n) is 3.78. The Bertz CT molecular complexity index is 839. The largest absolute Gasteiger partial charge is 1.00 e. The van der Waals surface area contributed by atoms with E-state index < -0.39 is 26.8 Å². The molecule has 2 amide bonds. The Morgan fingerprint density at radius 2 is 1.78 bits per heavy atom. The van der Waals surface area contributed by atoms with Crippen LogP contribution in [0.25, 0.3) is 10.8 Å². The van der Waals surface area contributed by atoms with Crippen LogP contribution in [0.5, 0.6) is 5.75 Å². The van der Waals surface area contributed by atoms with Crippen molar-refractivity contribution in [2.75, 3.05) is 0 Å². The molecule has 12 heteroatoms. The summed E-state index contributed by atoms with van der Waals surface area (Å²) in [5.74, 6) is -0.567. The second-order valence-corrected chi connectivity index (χ2v) is 5.13. The predicted octanol–water partition coefficient (Wildman–Crippen LogP) is -3.03. The number of phenols is 1. The Balaban J connectivity index is 0. The summed E-state index contributed by atoms with van der Waals surface area (Å²) < 4.78 is 33.5. The Labute approximate surface area is 152 Å². The number of primary amides is 1. The van der Waals surface area contributed by atoms with Crippen molar-refractivity contribution in [3.63, 3.8) is 0 Å².